The first-order valence-corrected chi connectivity index (χ1v) is 6.91. The van der Waals surface area contributed by atoms with E-state index >= 15 is 0 Å². The van der Waals surface area contributed by atoms with Crippen molar-refractivity contribution in [1.29, 1.82) is 0 Å². The highest BCUT2D eigenvalue weighted by Gasteiger charge is 2.08. The van der Waals surface area contributed by atoms with E-state index in [-0.39, 0.29) is 0 Å². The molecule has 1 aromatic heterocycles. The molecule has 1 atom stereocenters. The van der Waals surface area contributed by atoms with Gasteiger partial charge in [0.15, 0.2) is 0 Å². The molecule has 6 heteroatoms. The monoisotopic (exact) mass is 288 g/mol. The number of aliphatic hydroxyl groups is 1. The van der Waals surface area contributed by atoms with Crippen molar-refractivity contribution in [3.63, 3.8) is 0 Å². The van der Waals surface area contributed by atoms with Crippen LogP contribution in [0.1, 0.15) is 25.0 Å². The fourth-order valence-corrected chi connectivity index (χ4v) is 1.76. The van der Waals surface area contributed by atoms with E-state index < -0.39 is 6.10 Å². The van der Waals surface area contributed by atoms with Gasteiger partial charge in [0.2, 0.25) is 5.88 Å². The summed E-state index contributed by atoms with van der Waals surface area (Å²) >= 11 is 0. The van der Waals surface area contributed by atoms with Gasteiger partial charge in [-0.1, -0.05) is 19.1 Å². The Bertz CT molecular complexity index is 560. The Labute approximate surface area is 124 Å². The predicted octanol–water partition coefficient (Wildman–Crippen LogP) is 1.99. The summed E-state index contributed by atoms with van der Waals surface area (Å²) in [7, 11) is 0. The third-order valence-electron chi connectivity index (χ3n) is 2.89. The minimum Gasteiger partial charge on any atom is -0.478 e. The van der Waals surface area contributed by atoms with Crippen LogP contribution in [0.2, 0.25) is 0 Å². The van der Waals surface area contributed by atoms with Gasteiger partial charge in [-0.3, -0.25) is 0 Å². The van der Waals surface area contributed by atoms with Crippen molar-refractivity contribution in [2.24, 2.45) is 0 Å². The highest BCUT2D eigenvalue weighted by atomic mass is 16.5. The predicted molar refractivity (Wildman–Crippen MR) is 82.1 cm³/mol. The molecule has 1 heterocycles. The van der Waals surface area contributed by atoms with Crippen molar-refractivity contribution >= 4 is 11.5 Å². The maximum atomic E-state index is 10.1. The highest BCUT2D eigenvalue weighted by Crippen LogP contribution is 2.16. The lowest BCUT2D eigenvalue weighted by molar-refractivity contribution is 0.191. The summed E-state index contributed by atoms with van der Waals surface area (Å²) in [5, 5.41) is 13.2. The molecule has 21 heavy (non-hydrogen) atoms. The van der Waals surface area contributed by atoms with Crippen molar-refractivity contribution in [2.45, 2.75) is 19.4 Å². The molecule has 0 aliphatic rings. The fourth-order valence-electron chi connectivity index (χ4n) is 1.76. The van der Waals surface area contributed by atoms with Gasteiger partial charge in [0, 0.05) is 18.3 Å². The van der Waals surface area contributed by atoms with Crippen molar-refractivity contribution in [2.75, 3.05) is 24.2 Å². The SMILES string of the molecule is CCCOc1cc(NCC(O)c2ccc(N)cc2)ncn1. The van der Waals surface area contributed by atoms with E-state index in [9.17, 15) is 5.11 Å². The number of anilines is 2. The van der Waals surface area contributed by atoms with E-state index in [1.54, 1.807) is 30.3 Å². The number of aromatic nitrogens is 2. The van der Waals surface area contributed by atoms with E-state index in [0.29, 0.717) is 30.5 Å². The number of nitrogen functional groups attached to an aromatic ring is 1. The van der Waals surface area contributed by atoms with E-state index in [4.69, 9.17) is 10.5 Å². The van der Waals surface area contributed by atoms with Crippen LogP contribution in [-0.2, 0) is 0 Å². The van der Waals surface area contributed by atoms with Crippen molar-refractivity contribution in [1.82, 2.24) is 9.97 Å². The summed E-state index contributed by atoms with van der Waals surface area (Å²) in [4.78, 5) is 8.12. The lowest BCUT2D eigenvalue weighted by Gasteiger charge is -2.13. The Morgan fingerprint density at radius 1 is 1.29 bits per heavy atom. The Morgan fingerprint density at radius 3 is 2.76 bits per heavy atom. The minimum absolute atomic E-state index is 0.341. The fraction of sp³-hybridized carbons (Fsp3) is 0.333. The van der Waals surface area contributed by atoms with E-state index in [2.05, 4.69) is 15.3 Å². The number of nitrogens with two attached hydrogens (primary N) is 1. The average Bonchev–Trinajstić information content (AvgIpc) is 2.52. The Kier molecular flexibility index (Phi) is 5.34. The van der Waals surface area contributed by atoms with Crippen LogP contribution in [0.3, 0.4) is 0 Å². The van der Waals surface area contributed by atoms with Gasteiger partial charge in [0.1, 0.15) is 12.1 Å². The lowest BCUT2D eigenvalue weighted by Crippen LogP contribution is -2.13. The summed E-state index contributed by atoms with van der Waals surface area (Å²) in [5.74, 6) is 1.14. The average molecular weight is 288 g/mol. The van der Waals surface area contributed by atoms with Crippen molar-refractivity contribution in [3.05, 3.63) is 42.2 Å². The summed E-state index contributed by atoms with van der Waals surface area (Å²) in [6.45, 7) is 2.99. The normalized spacial score (nSPS) is 11.9. The standard InChI is InChI=1S/C15H20N4O2/c1-2-7-21-15-8-14(18-10-19-15)17-9-13(20)11-3-5-12(16)6-4-11/h3-6,8,10,13,20H,2,7,9,16H2,1H3,(H,17,18,19). The number of ether oxygens (including phenoxy) is 1. The highest BCUT2D eigenvalue weighted by molar-refractivity contribution is 5.41. The largest absolute Gasteiger partial charge is 0.478 e. The first-order chi connectivity index (χ1) is 10.2. The molecule has 0 amide bonds. The Morgan fingerprint density at radius 2 is 2.05 bits per heavy atom. The molecule has 0 radical (unpaired) electrons. The van der Waals surface area contributed by atoms with E-state index in [1.807, 2.05) is 6.92 Å². The van der Waals surface area contributed by atoms with Gasteiger partial charge in [0.05, 0.1) is 12.7 Å². The second-order valence-electron chi connectivity index (χ2n) is 4.65. The van der Waals surface area contributed by atoms with Gasteiger partial charge in [-0.25, -0.2) is 9.97 Å². The van der Waals surface area contributed by atoms with Crippen LogP contribution >= 0.6 is 0 Å². The van der Waals surface area contributed by atoms with Crippen molar-refractivity contribution < 1.29 is 9.84 Å². The molecule has 6 nitrogen and oxygen atoms in total. The number of nitrogens with one attached hydrogen (secondary N) is 1. The Hall–Kier alpha value is -2.34. The molecule has 1 aromatic carbocycles. The Balaban J connectivity index is 1.91. The second-order valence-corrected chi connectivity index (χ2v) is 4.65. The number of hydrogen-bond acceptors (Lipinski definition) is 6. The molecule has 0 spiro atoms. The maximum absolute atomic E-state index is 10.1. The molecule has 0 aliphatic carbocycles. The molecule has 112 valence electrons. The van der Waals surface area contributed by atoms with Gasteiger partial charge in [0.25, 0.3) is 0 Å². The summed E-state index contributed by atoms with van der Waals surface area (Å²) in [5.41, 5.74) is 7.09. The molecule has 2 rings (SSSR count). The quantitative estimate of drug-likeness (QED) is 0.675. The number of hydrogen-bond donors (Lipinski definition) is 3. The van der Waals surface area contributed by atoms with Crippen LogP contribution in [0.5, 0.6) is 5.88 Å². The van der Waals surface area contributed by atoms with Crippen LogP contribution in [0.4, 0.5) is 11.5 Å². The zero-order chi connectivity index (χ0) is 15.1. The third-order valence-corrected chi connectivity index (χ3v) is 2.89. The molecular formula is C15H20N4O2. The van der Waals surface area contributed by atoms with Gasteiger partial charge < -0.3 is 20.9 Å². The second kappa shape index (κ2) is 7.44. The molecule has 0 saturated carbocycles. The van der Waals surface area contributed by atoms with Gasteiger partial charge in [-0.05, 0) is 24.1 Å². The van der Waals surface area contributed by atoms with E-state index in [1.165, 1.54) is 6.33 Å². The van der Waals surface area contributed by atoms with Crippen molar-refractivity contribution in [3.8, 4) is 5.88 Å². The number of nitrogens with zero attached hydrogens (tertiary/aromatic N) is 2. The molecule has 0 bridgehead atoms. The molecule has 2 aromatic rings. The van der Waals surface area contributed by atoms with Crippen LogP contribution < -0.4 is 15.8 Å². The molecule has 1 unspecified atom stereocenters. The number of benzene rings is 1. The minimum atomic E-state index is -0.638. The van der Waals surface area contributed by atoms with Gasteiger partial charge in [-0.2, -0.15) is 0 Å². The summed E-state index contributed by atoms with van der Waals surface area (Å²) < 4.78 is 5.43. The summed E-state index contributed by atoms with van der Waals surface area (Å²) in [6.07, 6.45) is 1.71. The molecular weight excluding hydrogens is 268 g/mol. The molecule has 0 fully saturated rings. The number of rotatable bonds is 7. The smallest absolute Gasteiger partial charge is 0.218 e. The first kappa shape index (κ1) is 15.1. The topological polar surface area (TPSA) is 93.3 Å². The van der Waals surface area contributed by atoms with E-state index in [0.717, 1.165) is 12.0 Å². The van der Waals surface area contributed by atoms with Crippen LogP contribution in [0.25, 0.3) is 0 Å². The summed E-state index contributed by atoms with van der Waals surface area (Å²) in [6, 6.07) is 8.85. The van der Waals surface area contributed by atoms with Crippen LogP contribution in [-0.4, -0.2) is 28.2 Å². The molecule has 0 aliphatic heterocycles. The lowest BCUT2D eigenvalue weighted by atomic mass is 10.1. The third kappa shape index (κ3) is 4.61. The zero-order valence-corrected chi connectivity index (χ0v) is 12.0. The van der Waals surface area contributed by atoms with Gasteiger partial charge in [-0.15, -0.1) is 0 Å². The van der Waals surface area contributed by atoms with Crippen LogP contribution in [0, 0.1) is 0 Å². The molecule has 0 saturated heterocycles. The number of aliphatic hydroxyl groups excluding tert-OH is 1. The zero-order valence-electron chi connectivity index (χ0n) is 12.0. The first-order valence-electron chi connectivity index (χ1n) is 6.91. The maximum Gasteiger partial charge on any atom is 0.218 e. The van der Waals surface area contributed by atoms with Crippen LogP contribution in [0.15, 0.2) is 36.7 Å². The van der Waals surface area contributed by atoms with Gasteiger partial charge >= 0.3 is 0 Å². The molecule has 4 N–H and O–H groups in total.